The second-order valence-electron chi connectivity index (χ2n) is 4.63. The largest absolute Gasteiger partial charge is 0.449 e. The van der Waals surface area contributed by atoms with Gasteiger partial charge in [-0.2, -0.15) is 0 Å². The van der Waals surface area contributed by atoms with Crippen LogP contribution in [0.5, 0.6) is 0 Å². The molecule has 1 heterocycles. The molecule has 0 fully saturated rings. The Morgan fingerprint density at radius 2 is 1.95 bits per heavy atom. The summed E-state index contributed by atoms with van der Waals surface area (Å²) in [6, 6.07) is 11.5. The molecule has 0 radical (unpaired) electrons. The van der Waals surface area contributed by atoms with Gasteiger partial charge < -0.3 is 15.8 Å². The van der Waals surface area contributed by atoms with Crippen molar-refractivity contribution in [1.82, 2.24) is 4.98 Å². The first-order valence-corrected chi connectivity index (χ1v) is 6.88. The monoisotopic (exact) mass is 299 g/mol. The number of aromatic nitrogens is 1. The van der Waals surface area contributed by atoms with Crippen molar-refractivity contribution in [1.29, 1.82) is 0 Å². The van der Waals surface area contributed by atoms with Gasteiger partial charge in [0.05, 0.1) is 5.56 Å². The molecule has 0 bridgehead atoms. The van der Waals surface area contributed by atoms with Crippen molar-refractivity contribution < 1.29 is 14.3 Å². The summed E-state index contributed by atoms with van der Waals surface area (Å²) in [4.78, 5) is 28.1. The summed E-state index contributed by atoms with van der Waals surface area (Å²) < 4.78 is 5.24. The molecule has 0 spiro atoms. The van der Waals surface area contributed by atoms with Crippen LogP contribution in [0.1, 0.15) is 23.7 Å². The number of pyridine rings is 1. The Labute approximate surface area is 128 Å². The number of amides is 1. The van der Waals surface area contributed by atoms with Gasteiger partial charge in [0.25, 0.3) is 5.91 Å². The molecule has 0 aliphatic carbocycles. The molecule has 1 unspecified atom stereocenters. The molecule has 2 aromatic rings. The van der Waals surface area contributed by atoms with E-state index < -0.39 is 18.0 Å². The van der Waals surface area contributed by atoms with E-state index in [1.807, 2.05) is 0 Å². The van der Waals surface area contributed by atoms with Gasteiger partial charge in [0.1, 0.15) is 5.82 Å². The van der Waals surface area contributed by atoms with Crippen LogP contribution in [0.3, 0.4) is 0 Å². The average Bonchev–Trinajstić information content (AvgIpc) is 2.53. The molecule has 22 heavy (non-hydrogen) atoms. The van der Waals surface area contributed by atoms with Crippen molar-refractivity contribution in [3.8, 4) is 0 Å². The molecule has 1 aromatic carbocycles. The van der Waals surface area contributed by atoms with Gasteiger partial charge in [-0.05, 0) is 42.8 Å². The first-order valence-electron chi connectivity index (χ1n) is 6.88. The third-order valence-corrected chi connectivity index (χ3v) is 2.98. The van der Waals surface area contributed by atoms with Crippen molar-refractivity contribution in [2.75, 3.05) is 11.1 Å². The molecule has 1 aromatic heterocycles. The zero-order chi connectivity index (χ0) is 15.9. The van der Waals surface area contributed by atoms with Crippen molar-refractivity contribution in [2.45, 2.75) is 19.4 Å². The van der Waals surface area contributed by atoms with Crippen molar-refractivity contribution in [3.63, 3.8) is 0 Å². The minimum atomic E-state index is -0.882. The van der Waals surface area contributed by atoms with Crippen LogP contribution in [0.15, 0.2) is 48.7 Å². The first kappa shape index (κ1) is 15.5. The second kappa shape index (κ2) is 7.21. The molecule has 3 N–H and O–H groups in total. The molecular formula is C16H17N3O3. The van der Waals surface area contributed by atoms with Gasteiger partial charge in [0.15, 0.2) is 6.10 Å². The Morgan fingerprint density at radius 3 is 2.55 bits per heavy atom. The Morgan fingerprint density at radius 1 is 1.23 bits per heavy atom. The third-order valence-electron chi connectivity index (χ3n) is 2.98. The Bertz CT molecular complexity index is 641. The van der Waals surface area contributed by atoms with Crippen LogP contribution in [-0.4, -0.2) is 23.0 Å². The minimum Gasteiger partial charge on any atom is -0.449 e. The Kier molecular flexibility index (Phi) is 5.08. The van der Waals surface area contributed by atoms with Crippen LogP contribution >= 0.6 is 0 Å². The van der Waals surface area contributed by atoms with E-state index in [4.69, 9.17) is 10.5 Å². The number of nitrogen functional groups attached to an aromatic ring is 1. The topological polar surface area (TPSA) is 94.3 Å². The van der Waals surface area contributed by atoms with E-state index in [2.05, 4.69) is 10.3 Å². The van der Waals surface area contributed by atoms with Gasteiger partial charge in [0.2, 0.25) is 0 Å². The fourth-order valence-corrected chi connectivity index (χ4v) is 1.78. The fourth-order valence-electron chi connectivity index (χ4n) is 1.78. The van der Waals surface area contributed by atoms with E-state index in [0.29, 0.717) is 23.5 Å². The zero-order valence-electron chi connectivity index (χ0n) is 12.2. The summed E-state index contributed by atoms with van der Waals surface area (Å²) in [6.07, 6.45) is 1.04. The standard InChI is InChI=1S/C16H17N3O3/c1-2-13(15(20)19-14-5-3-4-10-18-14)22-16(21)11-6-8-12(17)9-7-11/h3-10,13H,2,17H2,1H3,(H,18,19,20). The number of hydrogen-bond donors (Lipinski definition) is 2. The molecule has 6 nitrogen and oxygen atoms in total. The maximum absolute atomic E-state index is 12.1. The van der Waals surface area contributed by atoms with Gasteiger partial charge in [-0.3, -0.25) is 4.79 Å². The molecule has 1 amide bonds. The van der Waals surface area contributed by atoms with E-state index in [1.54, 1.807) is 55.6 Å². The highest BCUT2D eigenvalue weighted by Gasteiger charge is 2.22. The van der Waals surface area contributed by atoms with Gasteiger partial charge in [0, 0.05) is 11.9 Å². The van der Waals surface area contributed by atoms with Gasteiger partial charge in [-0.25, -0.2) is 9.78 Å². The number of ether oxygens (including phenoxy) is 1. The van der Waals surface area contributed by atoms with E-state index in [9.17, 15) is 9.59 Å². The molecule has 0 saturated heterocycles. The summed E-state index contributed by atoms with van der Waals surface area (Å²) in [7, 11) is 0. The highest BCUT2D eigenvalue weighted by atomic mass is 16.5. The highest BCUT2D eigenvalue weighted by molar-refractivity contribution is 5.97. The van der Waals surface area contributed by atoms with Crippen molar-refractivity contribution in [2.24, 2.45) is 0 Å². The number of carbonyl (C=O) groups is 2. The third kappa shape index (κ3) is 4.05. The predicted octanol–water partition coefficient (Wildman–Crippen LogP) is 2.24. The summed E-state index contributed by atoms with van der Waals surface area (Å²) in [5, 5.41) is 2.61. The molecule has 0 aliphatic heterocycles. The Hall–Kier alpha value is -2.89. The predicted molar refractivity (Wildman–Crippen MR) is 83.2 cm³/mol. The van der Waals surface area contributed by atoms with Crippen molar-refractivity contribution in [3.05, 3.63) is 54.2 Å². The fraction of sp³-hybridized carbons (Fsp3) is 0.188. The molecule has 114 valence electrons. The van der Waals surface area contributed by atoms with E-state index in [0.717, 1.165) is 0 Å². The minimum absolute atomic E-state index is 0.346. The number of nitrogens with two attached hydrogens (primary N) is 1. The number of anilines is 2. The number of nitrogens with zero attached hydrogens (tertiary/aromatic N) is 1. The van der Waals surface area contributed by atoms with Gasteiger partial charge in [-0.15, -0.1) is 0 Å². The van der Waals surface area contributed by atoms with E-state index in [-0.39, 0.29) is 0 Å². The maximum atomic E-state index is 12.1. The second-order valence-corrected chi connectivity index (χ2v) is 4.63. The average molecular weight is 299 g/mol. The lowest BCUT2D eigenvalue weighted by atomic mass is 10.2. The molecule has 6 heteroatoms. The van der Waals surface area contributed by atoms with Crippen LogP contribution in [0.25, 0.3) is 0 Å². The van der Waals surface area contributed by atoms with Crippen LogP contribution in [0, 0.1) is 0 Å². The molecular weight excluding hydrogens is 282 g/mol. The number of carbonyl (C=O) groups excluding carboxylic acids is 2. The number of rotatable bonds is 5. The van der Waals surface area contributed by atoms with Gasteiger partial charge >= 0.3 is 5.97 Å². The van der Waals surface area contributed by atoms with E-state index >= 15 is 0 Å². The summed E-state index contributed by atoms with van der Waals surface area (Å²) in [5.41, 5.74) is 6.46. The normalized spacial score (nSPS) is 11.5. The first-order chi connectivity index (χ1) is 10.6. The number of esters is 1. The number of hydrogen-bond acceptors (Lipinski definition) is 5. The van der Waals surface area contributed by atoms with Crippen LogP contribution in [-0.2, 0) is 9.53 Å². The van der Waals surface area contributed by atoms with E-state index in [1.165, 1.54) is 0 Å². The molecule has 2 rings (SSSR count). The number of nitrogens with one attached hydrogen (secondary N) is 1. The molecule has 1 atom stereocenters. The molecule has 0 aliphatic rings. The van der Waals surface area contributed by atoms with Crippen molar-refractivity contribution >= 4 is 23.4 Å². The summed E-state index contributed by atoms with van der Waals surface area (Å²) in [5.74, 6) is -0.567. The highest BCUT2D eigenvalue weighted by Crippen LogP contribution is 2.11. The molecule has 0 saturated carbocycles. The maximum Gasteiger partial charge on any atom is 0.338 e. The summed E-state index contributed by atoms with van der Waals surface area (Å²) in [6.45, 7) is 1.76. The lowest BCUT2D eigenvalue weighted by Gasteiger charge is -2.15. The number of benzene rings is 1. The van der Waals surface area contributed by atoms with Gasteiger partial charge in [-0.1, -0.05) is 13.0 Å². The van der Waals surface area contributed by atoms with Crippen LogP contribution < -0.4 is 11.1 Å². The summed E-state index contributed by atoms with van der Waals surface area (Å²) >= 11 is 0. The zero-order valence-corrected chi connectivity index (χ0v) is 12.2. The lowest BCUT2D eigenvalue weighted by molar-refractivity contribution is -0.124. The Balaban J connectivity index is 2.00. The SMILES string of the molecule is CCC(OC(=O)c1ccc(N)cc1)C(=O)Nc1ccccn1. The van der Waals surface area contributed by atoms with Crippen LogP contribution in [0.4, 0.5) is 11.5 Å². The van der Waals surface area contributed by atoms with Crippen LogP contribution in [0.2, 0.25) is 0 Å². The lowest BCUT2D eigenvalue weighted by Crippen LogP contribution is -2.32. The quantitative estimate of drug-likeness (QED) is 0.652. The smallest absolute Gasteiger partial charge is 0.338 e.